The number of likely N-dealkylation sites (tertiary alicyclic amines) is 1. The Hall–Kier alpha value is -4.70. The summed E-state index contributed by atoms with van der Waals surface area (Å²) >= 11 is 0. The fourth-order valence-electron chi connectivity index (χ4n) is 5.89. The number of piperidine rings is 1. The van der Waals surface area contributed by atoms with Gasteiger partial charge in [0.05, 0.1) is 6.42 Å². The van der Waals surface area contributed by atoms with Gasteiger partial charge in [0.2, 0.25) is 17.7 Å². The van der Waals surface area contributed by atoms with Gasteiger partial charge in [-0.15, -0.1) is 0 Å². The van der Waals surface area contributed by atoms with Gasteiger partial charge in [-0.05, 0) is 50.3 Å². The van der Waals surface area contributed by atoms with Gasteiger partial charge in [-0.2, -0.15) is 0 Å². The summed E-state index contributed by atoms with van der Waals surface area (Å²) in [4.78, 5) is 60.8. The summed E-state index contributed by atoms with van der Waals surface area (Å²) in [6.07, 6.45) is -0.384. The number of ether oxygens (including phenoxy) is 1. The third-order valence-corrected chi connectivity index (χ3v) is 8.48. The Morgan fingerprint density at radius 1 is 0.812 bits per heavy atom. The van der Waals surface area contributed by atoms with Crippen LogP contribution in [0.2, 0.25) is 0 Å². The zero-order valence-corrected chi connectivity index (χ0v) is 28.8. The molecular formula is C38H49N5O5. The second kappa shape index (κ2) is 16.4. The number of alkyl carbamates (subject to hydrolysis) is 1. The van der Waals surface area contributed by atoms with Gasteiger partial charge in [-0.25, -0.2) is 4.79 Å². The molecule has 0 aromatic heterocycles. The number of amides is 4. The monoisotopic (exact) mass is 655 g/mol. The zero-order valence-electron chi connectivity index (χ0n) is 28.8. The van der Waals surface area contributed by atoms with Crippen molar-refractivity contribution >= 4 is 23.8 Å². The molecule has 0 unspecified atom stereocenters. The van der Waals surface area contributed by atoms with Gasteiger partial charge in [-0.3, -0.25) is 19.3 Å². The molecule has 256 valence electrons. The number of rotatable bonds is 12. The van der Waals surface area contributed by atoms with Crippen molar-refractivity contribution in [3.63, 3.8) is 0 Å². The molecule has 0 aliphatic carbocycles. The highest BCUT2D eigenvalue weighted by Crippen LogP contribution is 2.33. The summed E-state index contributed by atoms with van der Waals surface area (Å²) in [5, 5.41) is 5.80. The van der Waals surface area contributed by atoms with Crippen LogP contribution in [0.4, 0.5) is 4.79 Å². The van der Waals surface area contributed by atoms with Gasteiger partial charge >= 0.3 is 6.09 Å². The van der Waals surface area contributed by atoms with Crippen LogP contribution in [0.25, 0.3) is 0 Å². The summed E-state index contributed by atoms with van der Waals surface area (Å²) < 4.78 is 5.50. The number of benzene rings is 3. The molecule has 0 spiro atoms. The Labute approximate surface area is 284 Å². The Balaban J connectivity index is 1.73. The van der Waals surface area contributed by atoms with Crippen molar-refractivity contribution in [3.05, 3.63) is 108 Å². The smallest absolute Gasteiger partial charge is 0.408 e. The second-order valence-electron chi connectivity index (χ2n) is 13.6. The van der Waals surface area contributed by atoms with Crippen molar-refractivity contribution < 1.29 is 23.9 Å². The van der Waals surface area contributed by atoms with Crippen LogP contribution in [-0.2, 0) is 38.8 Å². The molecule has 0 saturated carbocycles. The molecule has 2 N–H and O–H groups in total. The molecule has 3 aromatic rings. The van der Waals surface area contributed by atoms with E-state index in [0.29, 0.717) is 32.5 Å². The highest BCUT2D eigenvalue weighted by molar-refractivity contribution is 5.96. The largest absolute Gasteiger partial charge is 0.444 e. The van der Waals surface area contributed by atoms with Crippen molar-refractivity contribution in [2.24, 2.45) is 0 Å². The van der Waals surface area contributed by atoms with Gasteiger partial charge in [-0.1, -0.05) is 91.0 Å². The minimum Gasteiger partial charge on any atom is -0.444 e. The molecule has 10 heteroatoms. The maximum Gasteiger partial charge on any atom is 0.408 e. The molecule has 3 aromatic carbocycles. The first-order valence-corrected chi connectivity index (χ1v) is 16.5. The number of carbonyl (C=O) groups excluding carboxylic acids is 4. The van der Waals surface area contributed by atoms with Crippen molar-refractivity contribution in [2.75, 3.05) is 27.2 Å². The minimum absolute atomic E-state index is 0.111. The molecule has 10 nitrogen and oxygen atoms in total. The molecule has 4 rings (SSSR count). The molecule has 1 atom stereocenters. The lowest BCUT2D eigenvalue weighted by molar-refractivity contribution is -0.155. The summed E-state index contributed by atoms with van der Waals surface area (Å²) in [6.45, 7) is 7.43. The van der Waals surface area contributed by atoms with E-state index in [1.165, 1.54) is 10.5 Å². The first-order valence-electron chi connectivity index (χ1n) is 16.5. The van der Waals surface area contributed by atoms with Gasteiger partial charge < -0.3 is 25.2 Å². The molecule has 0 radical (unpaired) electrons. The van der Waals surface area contributed by atoms with Crippen LogP contribution in [0.5, 0.6) is 0 Å². The van der Waals surface area contributed by atoms with E-state index in [9.17, 15) is 19.2 Å². The highest BCUT2D eigenvalue weighted by Gasteiger charge is 2.50. The molecule has 1 aliphatic heterocycles. The third-order valence-electron chi connectivity index (χ3n) is 8.48. The normalized spacial score (nSPS) is 15.1. The van der Waals surface area contributed by atoms with Gasteiger partial charge in [0.1, 0.15) is 17.2 Å². The van der Waals surface area contributed by atoms with E-state index in [1.807, 2.05) is 78.9 Å². The van der Waals surface area contributed by atoms with Crippen LogP contribution in [-0.4, -0.2) is 82.9 Å². The average molecular weight is 656 g/mol. The second-order valence-corrected chi connectivity index (χ2v) is 13.6. The fraction of sp³-hybridized carbons (Fsp3) is 0.421. The summed E-state index contributed by atoms with van der Waals surface area (Å²) in [6, 6.07) is 28.0. The Morgan fingerprint density at radius 3 is 1.85 bits per heavy atom. The summed E-state index contributed by atoms with van der Waals surface area (Å²) in [5.74, 6) is -1.14. The number of hydrogen-bond donors (Lipinski definition) is 2. The van der Waals surface area contributed by atoms with E-state index >= 15 is 0 Å². The molecule has 0 bridgehead atoms. The highest BCUT2D eigenvalue weighted by atomic mass is 16.6. The molecule has 1 aliphatic rings. The number of nitrogens with one attached hydrogen (secondary N) is 2. The predicted molar refractivity (Wildman–Crippen MR) is 185 cm³/mol. The van der Waals surface area contributed by atoms with E-state index < -0.39 is 29.2 Å². The van der Waals surface area contributed by atoms with E-state index in [2.05, 4.69) is 27.7 Å². The maximum absolute atomic E-state index is 14.9. The first kappa shape index (κ1) is 36.1. The molecule has 48 heavy (non-hydrogen) atoms. The minimum atomic E-state index is -1.26. The SMILES string of the molecule is CN(C)C(=O)C[C@H](NC(=O)OC(C)(C)C)C(=O)N(Cc1ccccc1)C1(C(=O)NCc2ccccc2)CCN(Cc2ccccc2)CC1. The van der Waals surface area contributed by atoms with E-state index in [0.717, 1.165) is 17.7 Å². The van der Waals surface area contributed by atoms with E-state index in [1.54, 1.807) is 39.8 Å². The number of hydrogen-bond acceptors (Lipinski definition) is 6. The number of carbonyl (C=O) groups is 4. The van der Waals surface area contributed by atoms with Crippen LogP contribution < -0.4 is 10.6 Å². The lowest BCUT2D eigenvalue weighted by atomic mass is 9.83. The van der Waals surface area contributed by atoms with Crippen LogP contribution in [0.3, 0.4) is 0 Å². The summed E-state index contributed by atoms with van der Waals surface area (Å²) in [7, 11) is 3.19. The van der Waals surface area contributed by atoms with Crippen LogP contribution in [0, 0.1) is 0 Å². The average Bonchev–Trinajstić information content (AvgIpc) is 3.06. The van der Waals surface area contributed by atoms with Crippen LogP contribution in [0.15, 0.2) is 91.0 Å². The van der Waals surface area contributed by atoms with Crippen LogP contribution in [0.1, 0.15) is 56.7 Å². The Kier molecular flexibility index (Phi) is 12.4. The lowest BCUT2D eigenvalue weighted by Gasteiger charge is -2.48. The topological polar surface area (TPSA) is 111 Å². The molecule has 1 heterocycles. The molecular weight excluding hydrogens is 606 g/mol. The van der Waals surface area contributed by atoms with Crippen LogP contribution >= 0.6 is 0 Å². The Bertz CT molecular complexity index is 1500. The van der Waals surface area contributed by atoms with Crippen molar-refractivity contribution in [3.8, 4) is 0 Å². The standard InChI is InChI=1S/C38H49N5O5/c1-37(2,3)48-36(47)40-32(25-33(44)41(4)5)34(45)43(28-31-19-13-8-14-20-31)38(35(46)39-26-29-15-9-6-10-16-29)21-23-42(24-22-38)27-30-17-11-7-12-18-30/h6-20,32H,21-28H2,1-5H3,(H,39,46)(H,40,47)/t32-/m0/s1. The van der Waals surface area contributed by atoms with Gasteiger partial charge in [0.15, 0.2) is 0 Å². The lowest BCUT2D eigenvalue weighted by Crippen LogP contribution is -2.67. The quantitative estimate of drug-likeness (QED) is 0.292. The number of nitrogens with zero attached hydrogens (tertiary/aromatic N) is 3. The first-order chi connectivity index (χ1) is 22.9. The molecule has 1 saturated heterocycles. The Morgan fingerprint density at radius 2 is 1.33 bits per heavy atom. The van der Waals surface area contributed by atoms with Gasteiger partial charge in [0, 0.05) is 46.8 Å². The third kappa shape index (κ3) is 10.1. The molecule has 4 amide bonds. The van der Waals surface area contributed by atoms with Gasteiger partial charge in [0.25, 0.3) is 0 Å². The van der Waals surface area contributed by atoms with Crippen molar-refractivity contribution in [1.29, 1.82) is 0 Å². The molecule has 1 fully saturated rings. The van der Waals surface area contributed by atoms with Crippen molar-refractivity contribution in [2.45, 2.75) is 76.8 Å². The van der Waals surface area contributed by atoms with E-state index in [-0.39, 0.29) is 24.8 Å². The zero-order chi connectivity index (χ0) is 34.7. The maximum atomic E-state index is 14.9. The van der Waals surface area contributed by atoms with Crippen molar-refractivity contribution in [1.82, 2.24) is 25.3 Å². The summed E-state index contributed by atoms with van der Waals surface area (Å²) in [5.41, 5.74) is 0.841. The van der Waals surface area contributed by atoms with E-state index in [4.69, 9.17) is 4.74 Å². The predicted octanol–water partition coefficient (Wildman–Crippen LogP) is 4.74. The fourth-order valence-corrected chi connectivity index (χ4v) is 5.89.